The Morgan fingerprint density at radius 2 is 2.05 bits per heavy atom. The number of sulfonamides is 1. The average Bonchev–Trinajstić information content (AvgIpc) is 3.49. The SMILES string of the molecule is [C-]#[N+]C1(Cn2cc(-c3oc4c([C@@H](C)Oc5ccc(Cl)nc5S(N)(=O)=O)cc(C)cc4c(=O)c3C)cn2)CC1. The minimum Gasteiger partial charge on any atom is -0.483 e. The summed E-state index contributed by atoms with van der Waals surface area (Å²) >= 11 is 5.87. The van der Waals surface area contributed by atoms with E-state index >= 15 is 0 Å². The predicted molar refractivity (Wildman–Crippen MR) is 141 cm³/mol. The summed E-state index contributed by atoms with van der Waals surface area (Å²) in [5.74, 6) is 0.279. The topological polar surface area (TPSA) is 135 Å². The van der Waals surface area contributed by atoms with Gasteiger partial charge in [-0.2, -0.15) is 5.10 Å². The number of aromatic nitrogens is 3. The molecule has 0 aliphatic heterocycles. The zero-order valence-corrected chi connectivity index (χ0v) is 22.4. The fourth-order valence-corrected chi connectivity index (χ4v) is 5.24. The summed E-state index contributed by atoms with van der Waals surface area (Å²) in [5, 5.41) is 9.53. The van der Waals surface area contributed by atoms with E-state index in [2.05, 4.69) is 14.9 Å². The lowest BCUT2D eigenvalue weighted by atomic mass is 10.0. The summed E-state index contributed by atoms with van der Waals surface area (Å²) in [6.45, 7) is 13.1. The number of rotatable bonds is 7. The predicted octanol–water partition coefficient (Wildman–Crippen LogP) is 4.56. The Morgan fingerprint density at radius 1 is 1.32 bits per heavy atom. The third-order valence-electron chi connectivity index (χ3n) is 6.61. The highest BCUT2D eigenvalue weighted by molar-refractivity contribution is 7.89. The first kappa shape index (κ1) is 25.9. The number of fused-ring (bicyclic) bond motifs is 1. The molecule has 0 amide bonds. The third kappa shape index (κ3) is 4.78. The molecule has 10 nitrogen and oxygen atoms in total. The summed E-state index contributed by atoms with van der Waals surface area (Å²) in [7, 11) is -4.22. The highest BCUT2D eigenvalue weighted by Crippen LogP contribution is 2.41. The van der Waals surface area contributed by atoms with Crippen LogP contribution in [0.4, 0.5) is 0 Å². The summed E-state index contributed by atoms with van der Waals surface area (Å²) in [4.78, 5) is 21.0. The fraction of sp³-hybridized carbons (Fsp3) is 0.308. The van der Waals surface area contributed by atoms with E-state index in [0.717, 1.165) is 18.4 Å². The van der Waals surface area contributed by atoms with Gasteiger partial charge in [0.2, 0.25) is 5.03 Å². The number of halogens is 1. The molecule has 4 aromatic rings. The molecule has 0 saturated heterocycles. The van der Waals surface area contributed by atoms with Crippen LogP contribution in [-0.2, 0) is 16.6 Å². The second-order valence-corrected chi connectivity index (χ2v) is 11.5. The van der Waals surface area contributed by atoms with Gasteiger partial charge in [0.1, 0.15) is 29.1 Å². The van der Waals surface area contributed by atoms with Crippen LogP contribution < -0.4 is 15.3 Å². The van der Waals surface area contributed by atoms with Crippen molar-refractivity contribution in [3.63, 3.8) is 0 Å². The van der Waals surface area contributed by atoms with Crippen LogP contribution in [0.25, 0.3) is 27.1 Å². The molecule has 3 heterocycles. The van der Waals surface area contributed by atoms with Crippen molar-refractivity contribution < 1.29 is 17.6 Å². The first-order chi connectivity index (χ1) is 17.9. The molecule has 1 fully saturated rings. The number of nitrogens with two attached hydrogens (primary N) is 1. The van der Waals surface area contributed by atoms with Crippen LogP contribution in [0, 0.1) is 20.4 Å². The van der Waals surface area contributed by atoms with Gasteiger partial charge in [0.25, 0.3) is 15.6 Å². The molecule has 0 spiro atoms. The highest BCUT2D eigenvalue weighted by atomic mass is 35.5. The van der Waals surface area contributed by atoms with Crippen LogP contribution in [0.5, 0.6) is 5.75 Å². The standard InChI is InChI=1S/C26H24ClN5O5S/c1-14-9-18(16(3)36-20-5-6-21(27)31-25(20)38(28,34)35)24-19(10-14)22(33)15(2)23(37-24)17-11-30-32(12-17)13-26(29-4)7-8-26/h5-6,9-12,16H,7-8,13H2,1-3H3,(H2,28,34,35)/t16-/m1/s1. The van der Waals surface area contributed by atoms with Crippen LogP contribution in [-0.4, -0.2) is 28.7 Å². The second kappa shape index (κ2) is 9.23. The molecule has 0 radical (unpaired) electrons. The molecular formula is C26H24ClN5O5S. The van der Waals surface area contributed by atoms with Crippen molar-refractivity contribution in [1.82, 2.24) is 14.8 Å². The number of hydrogen-bond acceptors (Lipinski definition) is 7. The van der Waals surface area contributed by atoms with Crippen LogP contribution >= 0.6 is 11.6 Å². The Bertz CT molecular complexity index is 1800. The molecule has 1 aromatic carbocycles. The van der Waals surface area contributed by atoms with Crippen molar-refractivity contribution in [3.8, 4) is 17.1 Å². The lowest BCUT2D eigenvalue weighted by molar-refractivity contribution is 0.219. The van der Waals surface area contributed by atoms with Gasteiger partial charge < -0.3 is 14.0 Å². The Labute approximate surface area is 223 Å². The smallest absolute Gasteiger partial charge is 0.259 e. The lowest BCUT2D eigenvalue weighted by Gasteiger charge is -2.19. The molecule has 38 heavy (non-hydrogen) atoms. The third-order valence-corrected chi connectivity index (χ3v) is 7.65. The van der Waals surface area contributed by atoms with Gasteiger partial charge in [0, 0.05) is 30.2 Å². The van der Waals surface area contributed by atoms with Gasteiger partial charge in [-0.15, -0.1) is 0 Å². The summed E-state index contributed by atoms with van der Waals surface area (Å²) in [5.41, 5.74) is 2.07. The van der Waals surface area contributed by atoms with Gasteiger partial charge in [-0.25, -0.2) is 25.1 Å². The van der Waals surface area contributed by atoms with E-state index in [-0.39, 0.29) is 16.3 Å². The van der Waals surface area contributed by atoms with Crippen molar-refractivity contribution in [2.75, 3.05) is 0 Å². The maximum absolute atomic E-state index is 13.4. The molecule has 2 N–H and O–H groups in total. The molecule has 0 unspecified atom stereocenters. The molecule has 5 rings (SSSR count). The van der Waals surface area contributed by atoms with Crippen molar-refractivity contribution in [2.24, 2.45) is 5.14 Å². The summed E-state index contributed by atoms with van der Waals surface area (Å²) in [6.07, 6.45) is 4.31. The van der Waals surface area contributed by atoms with Crippen molar-refractivity contribution in [3.05, 3.63) is 80.1 Å². The van der Waals surface area contributed by atoms with E-state index in [4.69, 9.17) is 32.5 Å². The molecule has 12 heteroatoms. The van der Waals surface area contributed by atoms with E-state index in [0.29, 0.717) is 40.0 Å². The Hall–Kier alpha value is -3.72. The number of aryl methyl sites for hydroxylation is 1. The number of nitrogens with zero attached hydrogens (tertiary/aromatic N) is 4. The van der Waals surface area contributed by atoms with Gasteiger partial charge in [-0.1, -0.05) is 11.6 Å². The van der Waals surface area contributed by atoms with Gasteiger partial charge in [0.15, 0.2) is 11.2 Å². The normalized spacial score (nSPS) is 15.3. The van der Waals surface area contributed by atoms with E-state index in [1.807, 2.05) is 13.0 Å². The average molecular weight is 554 g/mol. The molecule has 1 aliphatic rings. The van der Waals surface area contributed by atoms with Gasteiger partial charge in [-0.3, -0.25) is 9.48 Å². The lowest BCUT2D eigenvalue weighted by Crippen LogP contribution is -2.17. The van der Waals surface area contributed by atoms with E-state index in [9.17, 15) is 13.2 Å². The maximum Gasteiger partial charge on any atom is 0.259 e. The van der Waals surface area contributed by atoms with Crippen LogP contribution in [0.15, 0.2) is 50.9 Å². The number of ether oxygens (including phenoxy) is 1. The Morgan fingerprint density at radius 3 is 2.71 bits per heavy atom. The number of hydrogen-bond donors (Lipinski definition) is 1. The van der Waals surface area contributed by atoms with Gasteiger partial charge in [0.05, 0.1) is 17.1 Å². The zero-order chi connectivity index (χ0) is 27.4. The molecule has 1 atom stereocenters. The molecule has 1 saturated carbocycles. The number of primary sulfonamides is 1. The largest absolute Gasteiger partial charge is 0.483 e. The molecule has 1 aliphatic carbocycles. The summed E-state index contributed by atoms with van der Waals surface area (Å²) < 4.78 is 38.2. The van der Waals surface area contributed by atoms with Gasteiger partial charge >= 0.3 is 0 Å². The fourth-order valence-electron chi connectivity index (χ4n) is 4.42. The molecular weight excluding hydrogens is 530 g/mol. The van der Waals surface area contributed by atoms with Crippen LogP contribution in [0.3, 0.4) is 0 Å². The number of pyridine rings is 1. The Balaban J connectivity index is 1.59. The number of benzene rings is 1. The van der Waals surface area contributed by atoms with Crippen LogP contribution in [0.1, 0.15) is 42.6 Å². The van der Waals surface area contributed by atoms with Crippen LogP contribution in [0.2, 0.25) is 5.15 Å². The quantitative estimate of drug-likeness (QED) is 0.262. The second-order valence-electron chi connectivity index (χ2n) is 9.62. The minimum absolute atomic E-state index is 0.0503. The monoisotopic (exact) mass is 553 g/mol. The van der Waals surface area contributed by atoms with Crippen molar-refractivity contribution in [2.45, 2.75) is 56.8 Å². The Kier molecular flexibility index (Phi) is 6.30. The van der Waals surface area contributed by atoms with Crippen molar-refractivity contribution >= 4 is 32.6 Å². The minimum atomic E-state index is -4.22. The maximum atomic E-state index is 13.4. The first-order valence-electron chi connectivity index (χ1n) is 11.8. The highest BCUT2D eigenvalue weighted by Gasteiger charge is 2.51. The summed E-state index contributed by atoms with van der Waals surface area (Å²) in [6, 6.07) is 6.32. The van der Waals surface area contributed by atoms with E-state index in [1.165, 1.54) is 12.1 Å². The molecule has 3 aromatic heterocycles. The van der Waals surface area contributed by atoms with Crippen molar-refractivity contribution in [1.29, 1.82) is 0 Å². The van der Waals surface area contributed by atoms with E-state index in [1.54, 1.807) is 37.0 Å². The molecule has 196 valence electrons. The molecule has 0 bridgehead atoms. The van der Waals surface area contributed by atoms with Gasteiger partial charge in [-0.05, 0) is 50.6 Å². The van der Waals surface area contributed by atoms with E-state index < -0.39 is 26.7 Å². The zero-order valence-electron chi connectivity index (χ0n) is 20.9. The first-order valence-corrected chi connectivity index (χ1v) is 13.7.